The van der Waals surface area contributed by atoms with Crippen molar-refractivity contribution in [3.8, 4) is 0 Å². The summed E-state index contributed by atoms with van der Waals surface area (Å²) in [6.07, 6.45) is 0.812. The molecule has 0 bridgehead atoms. The molecule has 0 unspecified atom stereocenters. The molecule has 0 saturated carbocycles. The van der Waals surface area contributed by atoms with Crippen molar-refractivity contribution in [1.29, 1.82) is 0 Å². The molecular weight excluding hydrogens is 354 g/mol. The molecule has 1 aliphatic rings. The summed E-state index contributed by atoms with van der Waals surface area (Å²) < 4.78 is 0. The summed E-state index contributed by atoms with van der Waals surface area (Å²) in [6, 6.07) is 7.20. The van der Waals surface area contributed by atoms with Crippen LogP contribution in [0.1, 0.15) is 21.7 Å². The van der Waals surface area contributed by atoms with Crippen LogP contribution in [0.15, 0.2) is 24.3 Å². The summed E-state index contributed by atoms with van der Waals surface area (Å²) in [4.78, 5) is 35.7. The predicted octanol–water partition coefficient (Wildman–Crippen LogP) is 2.40. The smallest absolute Gasteiger partial charge is 0.272 e. The van der Waals surface area contributed by atoms with E-state index >= 15 is 0 Å². The first-order valence-electron chi connectivity index (χ1n) is 8.34. The van der Waals surface area contributed by atoms with Gasteiger partial charge >= 0.3 is 0 Å². The van der Waals surface area contributed by atoms with E-state index in [0.29, 0.717) is 48.5 Å². The number of hydrogen-bond donors (Lipinski definition) is 1. The van der Waals surface area contributed by atoms with Crippen molar-refractivity contribution in [2.75, 3.05) is 31.5 Å². The fraction of sp³-hybridized carbons (Fsp3) is 0.333. The number of anilines is 2. The maximum Gasteiger partial charge on any atom is 0.272 e. The molecule has 1 aromatic heterocycles. The number of halogens is 1. The second-order valence-electron chi connectivity index (χ2n) is 6.19. The standard InChI is InChI=1S/C18H20ClN5O2/c1-12-10-16(17(26)24-8-6-23(11-25)7-9-24)22-18(20-12)21-15-5-3-4-14(19)13(15)2/h3-5,10-11H,6-9H2,1-2H3,(H,20,21,22). The molecule has 0 atom stereocenters. The normalized spacial score (nSPS) is 14.3. The van der Waals surface area contributed by atoms with E-state index in [1.807, 2.05) is 32.0 Å². The van der Waals surface area contributed by atoms with Gasteiger partial charge in [0, 0.05) is 42.6 Å². The molecule has 2 amide bonds. The number of nitrogens with zero attached hydrogens (tertiary/aromatic N) is 4. The van der Waals surface area contributed by atoms with Gasteiger partial charge in [-0.3, -0.25) is 9.59 Å². The van der Waals surface area contributed by atoms with Crippen LogP contribution in [-0.4, -0.2) is 58.3 Å². The molecule has 26 heavy (non-hydrogen) atoms. The molecular formula is C18H20ClN5O2. The van der Waals surface area contributed by atoms with Gasteiger partial charge in [0.2, 0.25) is 12.4 Å². The van der Waals surface area contributed by atoms with E-state index in [1.54, 1.807) is 15.9 Å². The molecule has 2 heterocycles. The molecule has 1 aromatic carbocycles. The zero-order chi connectivity index (χ0) is 18.7. The lowest BCUT2D eigenvalue weighted by molar-refractivity contribution is -0.119. The Labute approximate surface area is 157 Å². The van der Waals surface area contributed by atoms with E-state index in [0.717, 1.165) is 17.7 Å². The van der Waals surface area contributed by atoms with Crippen LogP contribution in [0.5, 0.6) is 0 Å². The SMILES string of the molecule is Cc1cc(C(=O)N2CCN(C=O)CC2)nc(Nc2cccc(Cl)c2C)n1. The number of carbonyl (C=O) groups excluding carboxylic acids is 2. The number of piperazine rings is 1. The number of nitrogens with one attached hydrogen (secondary N) is 1. The van der Waals surface area contributed by atoms with Crippen LogP contribution in [0.4, 0.5) is 11.6 Å². The van der Waals surface area contributed by atoms with Crippen LogP contribution in [0.2, 0.25) is 5.02 Å². The first kappa shape index (κ1) is 18.1. The Bertz CT molecular complexity index is 834. The van der Waals surface area contributed by atoms with Gasteiger partial charge in [0.05, 0.1) is 0 Å². The molecule has 1 aliphatic heterocycles. The van der Waals surface area contributed by atoms with Crippen LogP contribution in [0.25, 0.3) is 0 Å². The van der Waals surface area contributed by atoms with Gasteiger partial charge in [-0.05, 0) is 37.6 Å². The highest BCUT2D eigenvalue weighted by Crippen LogP contribution is 2.25. The van der Waals surface area contributed by atoms with E-state index in [-0.39, 0.29) is 5.91 Å². The summed E-state index contributed by atoms with van der Waals surface area (Å²) in [6.45, 7) is 5.78. The Morgan fingerprint density at radius 2 is 1.92 bits per heavy atom. The van der Waals surface area contributed by atoms with E-state index < -0.39 is 0 Å². The van der Waals surface area contributed by atoms with Crippen molar-refractivity contribution >= 4 is 35.6 Å². The molecule has 136 valence electrons. The largest absolute Gasteiger partial charge is 0.342 e. The van der Waals surface area contributed by atoms with E-state index in [4.69, 9.17) is 11.6 Å². The van der Waals surface area contributed by atoms with Gasteiger partial charge in [0.25, 0.3) is 5.91 Å². The van der Waals surface area contributed by atoms with Gasteiger partial charge in [-0.1, -0.05) is 17.7 Å². The van der Waals surface area contributed by atoms with Crippen molar-refractivity contribution in [2.45, 2.75) is 13.8 Å². The molecule has 0 radical (unpaired) electrons. The summed E-state index contributed by atoms with van der Waals surface area (Å²) in [5.74, 6) is 0.192. The lowest BCUT2D eigenvalue weighted by Crippen LogP contribution is -2.48. The Kier molecular flexibility index (Phi) is 5.37. The molecule has 0 spiro atoms. The van der Waals surface area contributed by atoms with Crippen LogP contribution < -0.4 is 5.32 Å². The fourth-order valence-corrected chi connectivity index (χ4v) is 2.96. The number of rotatable bonds is 4. The number of aryl methyl sites for hydroxylation is 1. The summed E-state index contributed by atoms with van der Waals surface area (Å²) in [5, 5.41) is 3.78. The summed E-state index contributed by atoms with van der Waals surface area (Å²) in [7, 11) is 0. The lowest BCUT2D eigenvalue weighted by Gasteiger charge is -2.32. The number of benzene rings is 1. The second kappa shape index (κ2) is 7.70. The maximum atomic E-state index is 12.8. The molecule has 1 saturated heterocycles. The summed E-state index contributed by atoms with van der Waals surface area (Å²) in [5.41, 5.74) is 2.70. The molecule has 1 fully saturated rings. The number of carbonyl (C=O) groups is 2. The van der Waals surface area contributed by atoms with E-state index in [9.17, 15) is 9.59 Å². The first-order valence-corrected chi connectivity index (χ1v) is 8.72. The second-order valence-corrected chi connectivity index (χ2v) is 6.60. The Balaban J connectivity index is 1.80. The van der Waals surface area contributed by atoms with Crippen LogP contribution in [-0.2, 0) is 4.79 Å². The van der Waals surface area contributed by atoms with E-state index in [1.165, 1.54) is 0 Å². The summed E-state index contributed by atoms with van der Waals surface area (Å²) >= 11 is 6.15. The van der Waals surface area contributed by atoms with E-state index in [2.05, 4.69) is 15.3 Å². The number of hydrogen-bond acceptors (Lipinski definition) is 5. The lowest BCUT2D eigenvalue weighted by atomic mass is 10.2. The van der Waals surface area contributed by atoms with Gasteiger partial charge in [-0.25, -0.2) is 9.97 Å². The van der Waals surface area contributed by atoms with Gasteiger partial charge < -0.3 is 15.1 Å². The molecule has 1 N–H and O–H groups in total. The molecule has 0 aliphatic carbocycles. The van der Waals surface area contributed by atoms with Gasteiger partial charge in [0.1, 0.15) is 5.69 Å². The van der Waals surface area contributed by atoms with Crippen molar-refractivity contribution in [1.82, 2.24) is 19.8 Å². The van der Waals surface area contributed by atoms with Gasteiger partial charge in [0.15, 0.2) is 0 Å². The Hall–Kier alpha value is -2.67. The minimum Gasteiger partial charge on any atom is -0.342 e. The zero-order valence-corrected chi connectivity index (χ0v) is 15.5. The molecule has 2 aromatic rings. The fourth-order valence-electron chi connectivity index (χ4n) is 2.79. The quantitative estimate of drug-likeness (QED) is 0.832. The first-order chi connectivity index (χ1) is 12.5. The third kappa shape index (κ3) is 3.94. The monoisotopic (exact) mass is 373 g/mol. The number of amides is 2. The molecule has 3 rings (SSSR count). The highest BCUT2D eigenvalue weighted by Gasteiger charge is 2.23. The highest BCUT2D eigenvalue weighted by molar-refractivity contribution is 6.31. The number of aromatic nitrogens is 2. The van der Waals surface area contributed by atoms with Crippen LogP contribution >= 0.6 is 11.6 Å². The maximum absolute atomic E-state index is 12.8. The topological polar surface area (TPSA) is 78.4 Å². The van der Waals surface area contributed by atoms with Crippen LogP contribution in [0, 0.1) is 13.8 Å². The average molecular weight is 374 g/mol. The van der Waals surface area contributed by atoms with Gasteiger partial charge in [-0.2, -0.15) is 0 Å². The van der Waals surface area contributed by atoms with Gasteiger partial charge in [-0.15, -0.1) is 0 Å². The molecule has 7 nitrogen and oxygen atoms in total. The minimum atomic E-state index is -0.160. The third-order valence-electron chi connectivity index (χ3n) is 4.34. The van der Waals surface area contributed by atoms with Crippen molar-refractivity contribution in [3.05, 3.63) is 46.2 Å². The highest BCUT2D eigenvalue weighted by atomic mass is 35.5. The minimum absolute atomic E-state index is 0.160. The predicted molar refractivity (Wildman–Crippen MR) is 99.8 cm³/mol. The third-order valence-corrected chi connectivity index (χ3v) is 4.75. The van der Waals surface area contributed by atoms with Crippen molar-refractivity contribution < 1.29 is 9.59 Å². The average Bonchev–Trinajstić information content (AvgIpc) is 2.64. The van der Waals surface area contributed by atoms with Crippen LogP contribution in [0.3, 0.4) is 0 Å². The Morgan fingerprint density at radius 3 is 2.62 bits per heavy atom. The Morgan fingerprint density at radius 1 is 1.19 bits per heavy atom. The van der Waals surface area contributed by atoms with Crippen molar-refractivity contribution in [3.63, 3.8) is 0 Å². The van der Waals surface area contributed by atoms with Crippen molar-refractivity contribution in [2.24, 2.45) is 0 Å². The zero-order valence-electron chi connectivity index (χ0n) is 14.7. The molecule has 8 heteroatoms.